The maximum Gasteiger partial charge on any atom is 0.326 e. The molecule has 0 bridgehead atoms. The first-order chi connectivity index (χ1) is 16.5. The summed E-state index contributed by atoms with van der Waals surface area (Å²) in [5, 5.41) is 5.65. The molecule has 0 aliphatic carbocycles. The predicted molar refractivity (Wildman–Crippen MR) is 136 cm³/mol. The summed E-state index contributed by atoms with van der Waals surface area (Å²) >= 11 is 4.45. The number of hydrogen-bond acceptors (Lipinski definition) is 6. The quantitative estimate of drug-likeness (QED) is 0.275. The van der Waals surface area contributed by atoms with Gasteiger partial charge in [0.1, 0.15) is 5.75 Å². The maximum absolute atomic E-state index is 13.3. The Kier molecular flexibility index (Phi) is 7.29. The predicted octanol–water partition coefficient (Wildman–Crippen LogP) is 4.60. The number of carbonyl (C=O) groups excluding carboxylic acids is 2. The summed E-state index contributed by atoms with van der Waals surface area (Å²) in [6, 6.07) is 20.5. The second-order valence-corrected chi connectivity index (χ2v) is 8.88. The number of amides is 3. The van der Waals surface area contributed by atoms with Gasteiger partial charge in [0.2, 0.25) is 5.91 Å². The van der Waals surface area contributed by atoms with Crippen molar-refractivity contribution in [3.05, 3.63) is 87.6 Å². The third-order valence-corrected chi connectivity index (χ3v) is 6.19. The molecular weight excluding hydrogens is 520 g/mol. The van der Waals surface area contributed by atoms with Crippen molar-refractivity contribution in [3.8, 4) is 11.4 Å². The van der Waals surface area contributed by atoms with Gasteiger partial charge in [-0.2, -0.15) is 0 Å². The number of para-hydroxylation sites is 3. The monoisotopic (exact) mass is 538 g/mol. The molecule has 0 radical (unpaired) electrons. The van der Waals surface area contributed by atoms with Crippen molar-refractivity contribution >= 4 is 56.2 Å². The summed E-state index contributed by atoms with van der Waals surface area (Å²) in [6.45, 7) is 0. The van der Waals surface area contributed by atoms with E-state index in [1.54, 1.807) is 54.6 Å². The number of aromatic nitrogens is 2. The smallest absolute Gasteiger partial charge is 0.326 e. The molecule has 0 aliphatic heterocycles. The number of fused-ring (bicyclic) bond motifs is 1. The minimum Gasteiger partial charge on any atom is -0.495 e. The molecule has 3 aromatic carbocycles. The first kappa shape index (κ1) is 23.5. The number of methoxy groups -OCH3 is 1. The van der Waals surface area contributed by atoms with Crippen LogP contribution in [0.3, 0.4) is 0 Å². The molecule has 0 saturated heterocycles. The number of urea groups is 1. The number of benzene rings is 3. The summed E-state index contributed by atoms with van der Waals surface area (Å²) in [4.78, 5) is 42.6. The van der Waals surface area contributed by atoms with Crippen LogP contribution in [0.4, 0.5) is 10.5 Å². The molecule has 10 heteroatoms. The van der Waals surface area contributed by atoms with Crippen LogP contribution >= 0.6 is 27.7 Å². The van der Waals surface area contributed by atoms with Gasteiger partial charge in [-0.25, -0.2) is 9.78 Å². The molecule has 4 aromatic rings. The van der Waals surface area contributed by atoms with Crippen LogP contribution in [0.1, 0.15) is 0 Å². The number of nitrogens with one attached hydrogen (secondary N) is 2. The first-order valence-electron chi connectivity index (χ1n) is 10.1. The fourth-order valence-corrected chi connectivity index (χ4v) is 4.41. The van der Waals surface area contributed by atoms with Gasteiger partial charge in [-0.05, 0) is 42.5 Å². The lowest BCUT2D eigenvalue weighted by molar-refractivity contribution is -0.117. The largest absolute Gasteiger partial charge is 0.495 e. The zero-order chi connectivity index (χ0) is 24.1. The molecule has 1 aromatic heterocycles. The Morgan fingerprint density at radius 2 is 1.79 bits per heavy atom. The highest BCUT2D eigenvalue weighted by molar-refractivity contribution is 9.10. The van der Waals surface area contributed by atoms with E-state index in [9.17, 15) is 14.4 Å². The van der Waals surface area contributed by atoms with Crippen LogP contribution in [0, 0.1) is 0 Å². The maximum atomic E-state index is 13.3. The van der Waals surface area contributed by atoms with Crippen molar-refractivity contribution in [2.75, 3.05) is 18.2 Å². The molecule has 0 aliphatic rings. The molecular formula is C24H19BrN4O4S. The molecule has 0 spiro atoms. The second-order valence-electron chi connectivity index (χ2n) is 7.02. The third kappa shape index (κ3) is 5.29. The molecule has 0 saturated carbocycles. The molecule has 34 heavy (non-hydrogen) atoms. The van der Waals surface area contributed by atoms with E-state index in [-0.39, 0.29) is 11.3 Å². The van der Waals surface area contributed by atoms with Crippen molar-refractivity contribution in [1.82, 2.24) is 14.9 Å². The van der Waals surface area contributed by atoms with Crippen molar-refractivity contribution in [1.29, 1.82) is 0 Å². The SMILES string of the molecule is COc1ccccc1NC(=O)NC(=O)CSc1nc2ccc(Br)cc2c(=O)n1-c1ccccc1. The summed E-state index contributed by atoms with van der Waals surface area (Å²) in [5.41, 5.74) is 1.31. The molecule has 1 heterocycles. The van der Waals surface area contributed by atoms with E-state index in [2.05, 4.69) is 31.5 Å². The zero-order valence-corrected chi connectivity index (χ0v) is 20.4. The highest BCUT2D eigenvalue weighted by Crippen LogP contribution is 2.24. The molecule has 4 rings (SSSR count). The standard InChI is InChI=1S/C24H19BrN4O4S/c1-33-20-10-6-5-9-19(20)26-23(32)28-21(30)14-34-24-27-18-12-11-15(25)13-17(18)22(31)29(24)16-7-3-2-4-8-16/h2-13H,14H2,1H3,(H2,26,28,30,32). The van der Waals surface area contributed by atoms with E-state index < -0.39 is 11.9 Å². The molecule has 8 nitrogen and oxygen atoms in total. The van der Waals surface area contributed by atoms with Crippen molar-refractivity contribution in [2.24, 2.45) is 0 Å². The van der Waals surface area contributed by atoms with E-state index >= 15 is 0 Å². The topological polar surface area (TPSA) is 102 Å². The Balaban J connectivity index is 1.55. The number of thioether (sulfide) groups is 1. The van der Waals surface area contributed by atoms with E-state index in [0.717, 1.165) is 16.2 Å². The van der Waals surface area contributed by atoms with Crippen molar-refractivity contribution in [3.63, 3.8) is 0 Å². The van der Waals surface area contributed by atoms with Crippen LogP contribution in [-0.4, -0.2) is 34.4 Å². The number of hydrogen-bond donors (Lipinski definition) is 2. The average molecular weight is 539 g/mol. The fraction of sp³-hybridized carbons (Fsp3) is 0.0833. The number of ether oxygens (including phenoxy) is 1. The Morgan fingerprint density at radius 1 is 1.06 bits per heavy atom. The minimum absolute atomic E-state index is 0.124. The van der Waals surface area contributed by atoms with Gasteiger partial charge in [0.25, 0.3) is 5.56 Å². The highest BCUT2D eigenvalue weighted by Gasteiger charge is 2.16. The number of anilines is 1. The highest BCUT2D eigenvalue weighted by atomic mass is 79.9. The van der Waals surface area contributed by atoms with Gasteiger partial charge < -0.3 is 10.1 Å². The van der Waals surface area contributed by atoms with Crippen LogP contribution in [0.25, 0.3) is 16.6 Å². The van der Waals surface area contributed by atoms with Crippen molar-refractivity contribution < 1.29 is 14.3 Å². The number of carbonyl (C=O) groups is 2. The number of halogens is 1. The number of imide groups is 1. The van der Waals surface area contributed by atoms with Gasteiger partial charge in [-0.1, -0.05) is 58.0 Å². The van der Waals surface area contributed by atoms with Gasteiger partial charge in [0.15, 0.2) is 5.16 Å². The van der Waals surface area contributed by atoms with Gasteiger partial charge in [-0.15, -0.1) is 0 Å². The molecule has 3 amide bonds. The van der Waals surface area contributed by atoms with Gasteiger partial charge in [-0.3, -0.25) is 19.5 Å². The molecule has 172 valence electrons. The fourth-order valence-electron chi connectivity index (χ4n) is 3.23. The molecule has 2 N–H and O–H groups in total. The van der Waals surface area contributed by atoms with Crippen LogP contribution in [-0.2, 0) is 4.79 Å². The Labute approximate surface area is 207 Å². The Bertz CT molecular complexity index is 1430. The van der Waals surface area contributed by atoms with Crippen LogP contribution in [0.5, 0.6) is 5.75 Å². The summed E-state index contributed by atoms with van der Waals surface area (Å²) in [6.07, 6.45) is 0. The lowest BCUT2D eigenvalue weighted by Crippen LogP contribution is -2.35. The number of rotatable bonds is 6. The Hall–Kier alpha value is -3.63. The summed E-state index contributed by atoms with van der Waals surface area (Å²) in [5.74, 6) is -0.193. The zero-order valence-electron chi connectivity index (χ0n) is 17.9. The second kappa shape index (κ2) is 10.5. The normalized spacial score (nSPS) is 10.6. The van der Waals surface area contributed by atoms with E-state index in [4.69, 9.17) is 4.74 Å². The van der Waals surface area contributed by atoms with Gasteiger partial charge in [0, 0.05) is 4.47 Å². The molecule has 0 unspecified atom stereocenters. The summed E-state index contributed by atoms with van der Waals surface area (Å²) < 4.78 is 7.41. The molecule has 0 atom stereocenters. The lowest BCUT2D eigenvalue weighted by atomic mass is 10.2. The van der Waals surface area contributed by atoms with E-state index in [1.807, 2.05) is 18.2 Å². The van der Waals surface area contributed by atoms with E-state index in [1.165, 1.54) is 11.7 Å². The van der Waals surface area contributed by atoms with Crippen LogP contribution < -0.4 is 20.9 Å². The van der Waals surface area contributed by atoms with Crippen molar-refractivity contribution in [2.45, 2.75) is 5.16 Å². The summed E-state index contributed by atoms with van der Waals surface area (Å²) in [7, 11) is 1.49. The van der Waals surface area contributed by atoms with Crippen LogP contribution in [0.2, 0.25) is 0 Å². The minimum atomic E-state index is -0.688. The lowest BCUT2D eigenvalue weighted by Gasteiger charge is -2.13. The van der Waals surface area contributed by atoms with Gasteiger partial charge >= 0.3 is 6.03 Å². The van der Waals surface area contributed by atoms with E-state index in [0.29, 0.717) is 33.2 Å². The van der Waals surface area contributed by atoms with Crippen LogP contribution in [0.15, 0.2) is 87.2 Å². The third-order valence-electron chi connectivity index (χ3n) is 4.75. The molecule has 0 fully saturated rings. The van der Waals surface area contributed by atoms with Gasteiger partial charge in [0.05, 0.1) is 35.1 Å². The first-order valence-corrected chi connectivity index (χ1v) is 11.9. The number of nitrogens with zero attached hydrogens (tertiary/aromatic N) is 2. The average Bonchev–Trinajstić information content (AvgIpc) is 2.84. The Morgan fingerprint density at radius 3 is 2.56 bits per heavy atom.